The third-order valence-corrected chi connectivity index (χ3v) is 5.18. The van der Waals surface area contributed by atoms with Gasteiger partial charge in [0.15, 0.2) is 0 Å². The van der Waals surface area contributed by atoms with Crippen molar-refractivity contribution in [3.05, 3.63) is 27.2 Å². The van der Waals surface area contributed by atoms with Gasteiger partial charge in [0, 0.05) is 22.6 Å². The number of hydrogen-bond donors (Lipinski definition) is 1. The Hall–Kier alpha value is -0.580. The molecule has 3 nitrogen and oxygen atoms in total. The van der Waals surface area contributed by atoms with Crippen molar-refractivity contribution in [2.45, 2.75) is 26.3 Å². The molecule has 1 aromatic carbocycles. The second kappa shape index (κ2) is 5.81. The highest BCUT2D eigenvalue weighted by Gasteiger charge is 2.33. The van der Waals surface area contributed by atoms with Crippen molar-refractivity contribution in [2.24, 2.45) is 11.7 Å². The zero-order valence-electron chi connectivity index (χ0n) is 12.2. The van der Waals surface area contributed by atoms with Crippen LogP contribution < -0.4 is 10.5 Å². The summed E-state index contributed by atoms with van der Waals surface area (Å²) in [5, 5.41) is 0. The molecule has 0 bridgehead atoms. The van der Waals surface area contributed by atoms with Crippen molar-refractivity contribution in [2.75, 3.05) is 27.2 Å². The Morgan fingerprint density at radius 3 is 2.63 bits per heavy atom. The minimum atomic E-state index is 0.386. The maximum atomic E-state index is 5.84. The topological polar surface area (TPSA) is 38.5 Å². The minimum Gasteiger partial charge on any atom is -0.496 e. The lowest BCUT2D eigenvalue weighted by molar-refractivity contribution is 0.301. The molecule has 1 aliphatic rings. The van der Waals surface area contributed by atoms with Crippen LogP contribution >= 0.6 is 15.9 Å². The molecule has 0 saturated carbocycles. The molecule has 1 aliphatic heterocycles. The number of nitrogens with two attached hydrogens (primary N) is 1. The Labute approximate surface area is 124 Å². The molecule has 1 aromatic rings. The van der Waals surface area contributed by atoms with Crippen LogP contribution in [0.15, 0.2) is 10.5 Å². The lowest BCUT2D eigenvalue weighted by Crippen LogP contribution is -2.21. The molecular weight excluding hydrogens is 304 g/mol. The molecule has 4 heteroatoms. The van der Waals surface area contributed by atoms with Gasteiger partial charge in [-0.2, -0.15) is 0 Å². The highest BCUT2D eigenvalue weighted by molar-refractivity contribution is 9.10. The van der Waals surface area contributed by atoms with E-state index < -0.39 is 0 Å². The number of nitrogens with zero attached hydrogens (tertiary/aromatic N) is 1. The van der Waals surface area contributed by atoms with Gasteiger partial charge in [-0.25, -0.2) is 0 Å². The molecule has 2 unspecified atom stereocenters. The van der Waals surface area contributed by atoms with Crippen LogP contribution in [-0.4, -0.2) is 32.1 Å². The first-order valence-corrected chi connectivity index (χ1v) is 7.52. The number of halogens is 1. The average molecular weight is 327 g/mol. The summed E-state index contributed by atoms with van der Waals surface area (Å²) in [6.07, 6.45) is 1.10. The fraction of sp³-hybridized carbons (Fsp3) is 0.600. The number of benzene rings is 1. The number of ether oxygens (including phenoxy) is 1. The Morgan fingerprint density at radius 1 is 1.42 bits per heavy atom. The van der Waals surface area contributed by atoms with Crippen molar-refractivity contribution in [1.29, 1.82) is 0 Å². The zero-order valence-corrected chi connectivity index (χ0v) is 13.8. The maximum absolute atomic E-state index is 5.84. The molecule has 0 radical (unpaired) electrons. The molecule has 1 saturated heterocycles. The summed E-state index contributed by atoms with van der Waals surface area (Å²) in [6, 6.07) is 2.55. The average Bonchev–Trinajstić information content (AvgIpc) is 2.74. The van der Waals surface area contributed by atoms with Crippen LogP contribution in [0.4, 0.5) is 0 Å². The van der Waals surface area contributed by atoms with E-state index in [1.54, 1.807) is 7.11 Å². The lowest BCUT2D eigenvalue weighted by atomic mass is 9.95. The standard InChI is InChI=1S/C15H23BrN2O/c1-9-5-10(2)15(19-4)13(14(9)16)12-6-11(7-17)8-18(12)3/h5,11-12H,6-8,17H2,1-4H3. The van der Waals surface area contributed by atoms with Crippen molar-refractivity contribution < 1.29 is 4.74 Å². The predicted molar refractivity (Wildman–Crippen MR) is 82.7 cm³/mol. The van der Waals surface area contributed by atoms with Crippen LogP contribution in [0.1, 0.15) is 29.2 Å². The van der Waals surface area contributed by atoms with Gasteiger partial charge < -0.3 is 10.5 Å². The normalized spacial score (nSPS) is 23.9. The second-order valence-corrected chi connectivity index (χ2v) is 6.36. The highest BCUT2D eigenvalue weighted by Crippen LogP contribution is 2.44. The van der Waals surface area contributed by atoms with E-state index in [1.165, 1.54) is 21.2 Å². The number of rotatable bonds is 3. The Morgan fingerprint density at radius 2 is 2.11 bits per heavy atom. The van der Waals surface area contributed by atoms with Gasteiger partial charge in [-0.3, -0.25) is 4.90 Å². The van der Waals surface area contributed by atoms with Crippen molar-refractivity contribution in [1.82, 2.24) is 4.90 Å². The van der Waals surface area contributed by atoms with E-state index in [9.17, 15) is 0 Å². The fourth-order valence-corrected chi connectivity index (χ4v) is 3.72. The van der Waals surface area contributed by atoms with Gasteiger partial charge in [0.2, 0.25) is 0 Å². The number of hydrogen-bond acceptors (Lipinski definition) is 3. The largest absolute Gasteiger partial charge is 0.496 e. The van der Waals surface area contributed by atoms with Crippen molar-refractivity contribution in [3.63, 3.8) is 0 Å². The molecule has 2 N–H and O–H groups in total. The molecule has 2 atom stereocenters. The Bertz CT molecular complexity index is 476. The number of likely N-dealkylation sites (tertiary alicyclic amines) is 1. The first kappa shape index (κ1) is 14.8. The van der Waals surface area contributed by atoms with Gasteiger partial charge in [-0.15, -0.1) is 0 Å². The molecule has 0 aliphatic carbocycles. The molecule has 0 spiro atoms. The van der Waals surface area contributed by atoms with Gasteiger partial charge in [-0.05, 0) is 50.9 Å². The summed E-state index contributed by atoms with van der Waals surface area (Å²) >= 11 is 3.75. The van der Waals surface area contributed by atoms with Crippen LogP contribution in [0.3, 0.4) is 0 Å². The first-order valence-electron chi connectivity index (χ1n) is 6.73. The SMILES string of the molecule is COc1c(C)cc(C)c(Br)c1C1CC(CN)CN1C. The summed E-state index contributed by atoms with van der Waals surface area (Å²) in [7, 11) is 3.92. The van der Waals surface area contributed by atoms with Crippen LogP contribution in [-0.2, 0) is 0 Å². The summed E-state index contributed by atoms with van der Waals surface area (Å²) in [5.74, 6) is 1.58. The monoisotopic (exact) mass is 326 g/mol. The summed E-state index contributed by atoms with van der Waals surface area (Å²) < 4.78 is 6.82. The van der Waals surface area contributed by atoms with Gasteiger partial charge in [0.25, 0.3) is 0 Å². The van der Waals surface area contributed by atoms with Gasteiger partial charge in [-0.1, -0.05) is 22.0 Å². The van der Waals surface area contributed by atoms with E-state index in [0.717, 1.165) is 25.3 Å². The third-order valence-electron chi connectivity index (χ3n) is 4.12. The molecule has 2 rings (SSSR count). The third kappa shape index (κ3) is 2.67. The number of aryl methyl sites for hydroxylation is 2. The second-order valence-electron chi connectivity index (χ2n) is 5.56. The smallest absolute Gasteiger partial charge is 0.127 e. The van der Waals surface area contributed by atoms with Crippen LogP contribution in [0.25, 0.3) is 0 Å². The fourth-order valence-electron chi connectivity index (χ4n) is 3.16. The lowest BCUT2D eigenvalue weighted by Gasteiger charge is -2.25. The van der Waals surface area contributed by atoms with E-state index in [4.69, 9.17) is 10.5 Å². The van der Waals surface area contributed by atoms with Crippen molar-refractivity contribution in [3.8, 4) is 5.75 Å². The van der Waals surface area contributed by atoms with Gasteiger partial charge in [0.05, 0.1) is 7.11 Å². The zero-order chi connectivity index (χ0) is 14.2. The Kier molecular flexibility index (Phi) is 4.54. The maximum Gasteiger partial charge on any atom is 0.127 e. The van der Waals surface area contributed by atoms with Crippen LogP contribution in [0.2, 0.25) is 0 Å². The van der Waals surface area contributed by atoms with Gasteiger partial charge >= 0.3 is 0 Å². The molecule has 0 amide bonds. The summed E-state index contributed by atoms with van der Waals surface area (Å²) in [4.78, 5) is 2.39. The number of methoxy groups -OCH3 is 1. The molecule has 1 fully saturated rings. The quantitative estimate of drug-likeness (QED) is 0.927. The molecule has 1 heterocycles. The Balaban J connectivity index is 2.49. The molecule has 19 heavy (non-hydrogen) atoms. The van der Waals surface area contributed by atoms with E-state index in [1.807, 2.05) is 0 Å². The predicted octanol–water partition coefficient (Wildman–Crippen LogP) is 3.03. The van der Waals surface area contributed by atoms with E-state index in [-0.39, 0.29) is 0 Å². The van der Waals surface area contributed by atoms with E-state index in [0.29, 0.717) is 12.0 Å². The molecular formula is C15H23BrN2O. The van der Waals surface area contributed by atoms with Crippen LogP contribution in [0, 0.1) is 19.8 Å². The van der Waals surface area contributed by atoms with Crippen LogP contribution in [0.5, 0.6) is 5.75 Å². The first-order chi connectivity index (χ1) is 8.99. The summed E-state index contributed by atoms with van der Waals surface area (Å²) in [5.41, 5.74) is 9.57. The summed E-state index contributed by atoms with van der Waals surface area (Å²) in [6.45, 7) is 6.06. The van der Waals surface area contributed by atoms with E-state index >= 15 is 0 Å². The van der Waals surface area contributed by atoms with Gasteiger partial charge in [0.1, 0.15) is 5.75 Å². The molecule has 0 aromatic heterocycles. The highest BCUT2D eigenvalue weighted by atomic mass is 79.9. The van der Waals surface area contributed by atoms with Crippen molar-refractivity contribution >= 4 is 15.9 Å². The molecule has 106 valence electrons. The minimum absolute atomic E-state index is 0.386. The van der Waals surface area contributed by atoms with E-state index in [2.05, 4.69) is 47.8 Å².